The molecule has 3 N–H and O–H groups in total. The van der Waals surface area contributed by atoms with E-state index in [1.165, 1.54) is 10.6 Å². The van der Waals surface area contributed by atoms with Crippen molar-refractivity contribution in [3.8, 4) is 0 Å². The summed E-state index contributed by atoms with van der Waals surface area (Å²) in [5.41, 5.74) is -2.43. The van der Waals surface area contributed by atoms with Crippen LogP contribution in [0.1, 0.15) is 43.7 Å². The number of carbonyl (C=O) groups is 3. The van der Waals surface area contributed by atoms with Gasteiger partial charge < -0.3 is 20.5 Å². The van der Waals surface area contributed by atoms with Gasteiger partial charge >= 0.3 is 6.18 Å². The minimum absolute atomic E-state index is 0.00857. The summed E-state index contributed by atoms with van der Waals surface area (Å²) in [4.78, 5) is 38.8. The van der Waals surface area contributed by atoms with Gasteiger partial charge in [-0.2, -0.15) is 13.2 Å². The molecule has 3 heterocycles. The van der Waals surface area contributed by atoms with Gasteiger partial charge in [-0.05, 0) is 42.5 Å². The molecule has 1 unspecified atom stereocenters. The Bertz CT molecular complexity index is 1710. The lowest BCUT2D eigenvalue weighted by Crippen LogP contribution is -2.53. The SMILES string of the molecule is O=C1Cn2c(C(=O)NC3CS(=O)(=O)C3)cc(NC(=O)c3cc(F)cc(C(F)(F)F)c3)c2C(c2cc(F)ccc2Cl)N1. The first-order valence-electron chi connectivity index (χ1n) is 11.8. The van der Waals surface area contributed by atoms with Crippen molar-refractivity contribution in [1.82, 2.24) is 15.2 Å². The Morgan fingerprint density at radius 1 is 1.00 bits per heavy atom. The van der Waals surface area contributed by atoms with Crippen molar-refractivity contribution < 1.29 is 44.8 Å². The molecule has 0 spiro atoms. The minimum Gasteiger partial charge on any atom is -0.346 e. The monoisotopic (exact) mass is 616 g/mol. The van der Waals surface area contributed by atoms with Crippen LogP contribution in [0.15, 0.2) is 42.5 Å². The van der Waals surface area contributed by atoms with Gasteiger partial charge in [-0.1, -0.05) is 11.6 Å². The standard InChI is InChI=1S/C25H18ClF5N4O5S/c26-17-2-1-13(27)6-16(17)21-22-18(33-23(37)11-3-12(25(29,30)31)5-14(28)4-11)7-19(35(22)8-20(36)34-21)24(38)32-15-9-41(39,40)10-15/h1-7,15,21H,8-10H2,(H,32,38)(H,33,37)(H,34,36). The van der Waals surface area contributed by atoms with Crippen LogP contribution >= 0.6 is 11.6 Å². The molecule has 1 saturated heterocycles. The van der Waals surface area contributed by atoms with Crippen LogP contribution in [0.25, 0.3) is 0 Å². The van der Waals surface area contributed by atoms with Crippen molar-refractivity contribution in [2.75, 3.05) is 16.8 Å². The van der Waals surface area contributed by atoms with E-state index in [9.17, 15) is 44.8 Å². The van der Waals surface area contributed by atoms with Crippen LogP contribution in [0.3, 0.4) is 0 Å². The Labute approximate surface area is 233 Å². The number of sulfone groups is 1. The molecule has 1 atom stereocenters. The number of anilines is 1. The molecule has 5 rings (SSSR count). The summed E-state index contributed by atoms with van der Waals surface area (Å²) in [6, 6.07) is 3.71. The number of alkyl halides is 3. The second-order valence-electron chi connectivity index (χ2n) is 9.51. The van der Waals surface area contributed by atoms with Gasteiger partial charge in [0.1, 0.15) is 23.9 Å². The van der Waals surface area contributed by atoms with E-state index in [1.54, 1.807) is 0 Å². The second-order valence-corrected chi connectivity index (χ2v) is 12.1. The van der Waals surface area contributed by atoms with Gasteiger partial charge in [0, 0.05) is 16.1 Å². The quantitative estimate of drug-likeness (QED) is 0.379. The van der Waals surface area contributed by atoms with E-state index in [2.05, 4.69) is 16.0 Å². The van der Waals surface area contributed by atoms with Crippen LogP contribution in [0.4, 0.5) is 27.6 Å². The molecule has 0 saturated carbocycles. The first-order valence-corrected chi connectivity index (χ1v) is 14.0. The summed E-state index contributed by atoms with van der Waals surface area (Å²) >= 11 is 6.27. The molecular weight excluding hydrogens is 599 g/mol. The smallest absolute Gasteiger partial charge is 0.346 e. The van der Waals surface area contributed by atoms with Crippen molar-refractivity contribution >= 4 is 44.8 Å². The Morgan fingerprint density at radius 2 is 1.71 bits per heavy atom. The second kappa shape index (κ2) is 10.1. The predicted octanol–water partition coefficient (Wildman–Crippen LogP) is 3.44. The van der Waals surface area contributed by atoms with Gasteiger partial charge in [0.15, 0.2) is 9.84 Å². The molecule has 2 aliphatic heterocycles. The predicted molar refractivity (Wildman–Crippen MR) is 135 cm³/mol. The molecule has 2 aromatic carbocycles. The number of benzene rings is 2. The summed E-state index contributed by atoms with van der Waals surface area (Å²) in [5.74, 6) is -5.28. The third-order valence-corrected chi connectivity index (χ3v) is 8.67. The lowest BCUT2D eigenvalue weighted by molar-refractivity contribution is -0.137. The number of nitrogens with one attached hydrogen (secondary N) is 3. The minimum atomic E-state index is -4.95. The molecule has 216 valence electrons. The van der Waals surface area contributed by atoms with Crippen LogP contribution in [-0.4, -0.2) is 48.3 Å². The highest BCUT2D eigenvalue weighted by molar-refractivity contribution is 7.92. The number of fused-ring (bicyclic) bond motifs is 1. The highest BCUT2D eigenvalue weighted by atomic mass is 35.5. The Balaban J connectivity index is 1.59. The van der Waals surface area contributed by atoms with Gasteiger partial charge in [-0.15, -0.1) is 0 Å². The number of carbonyl (C=O) groups excluding carboxylic acids is 3. The fraction of sp³-hybridized carbons (Fsp3) is 0.240. The molecule has 16 heteroatoms. The Hall–Kier alpha value is -3.98. The molecule has 0 radical (unpaired) electrons. The van der Waals surface area contributed by atoms with Crippen LogP contribution in [0.5, 0.6) is 0 Å². The zero-order valence-corrected chi connectivity index (χ0v) is 22.1. The molecule has 2 aliphatic rings. The third kappa shape index (κ3) is 5.77. The molecule has 3 aromatic rings. The van der Waals surface area contributed by atoms with Gasteiger partial charge in [0.05, 0.1) is 40.5 Å². The van der Waals surface area contributed by atoms with Gasteiger partial charge in [-0.25, -0.2) is 17.2 Å². The van der Waals surface area contributed by atoms with E-state index in [0.717, 1.165) is 18.2 Å². The number of aromatic nitrogens is 1. The van der Waals surface area contributed by atoms with Crippen LogP contribution in [0, 0.1) is 11.6 Å². The largest absolute Gasteiger partial charge is 0.416 e. The molecule has 9 nitrogen and oxygen atoms in total. The zero-order valence-electron chi connectivity index (χ0n) is 20.5. The maximum absolute atomic E-state index is 14.2. The van der Waals surface area contributed by atoms with E-state index in [1.807, 2.05) is 0 Å². The van der Waals surface area contributed by atoms with E-state index < -0.39 is 75.1 Å². The summed E-state index contributed by atoms with van der Waals surface area (Å²) in [5, 5.41) is 7.47. The summed E-state index contributed by atoms with van der Waals surface area (Å²) in [6.07, 6.45) is -4.95. The van der Waals surface area contributed by atoms with E-state index in [0.29, 0.717) is 12.1 Å². The van der Waals surface area contributed by atoms with Crippen LogP contribution in [0.2, 0.25) is 5.02 Å². The van der Waals surface area contributed by atoms with E-state index in [-0.39, 0.29) is 45.2 Å². The number of hydrogen-bond donors (Lipinski definition) is 3. The normalized spacial score (nSPS) is 18.2. The summed E-state index contributed by atoms with van der Waals surface area (Å²) < 4.78 is 92.1. The highest BCUT2D eigenvalue weighted by Crippen LogP contribution is 2.38. The summed E-state index contributed by atoms with van der Waals surface area (Å²) in [6.45, 7) is -0.460. The van der Waals surface area contributed by atoms with Crippen molar-refractivity contribution in [2.24, 2.45) is 0 Å². The molecule has 1 aromatic heterocycles. The first kappa shape index (κ1) is 28.5. The third-order valence-electron chi connectivity index (χ3n) is 6.50. The van der Waals surface area contributed by atoms with Crippen molar-refractivity contribution in [1.29, 1.82) is 0 Å². The maximum atomic E-state index is 14.2. The molecule has 3 amide bonds. The van der Waals surface area contributed by atoms with Crippen molar-refractivity contribution in [3.05, 3.63) is 87.2 Å². The number of amides is 3. The average molecular weight is 617 g/mol. The number of nitrogens with zero attached hydrogens (tertiary/aromatic N) is 1. The van der Waals surface area contributed by atoms with Gasteiger partial charge in [0.25, 0.3) is 11.8 Å². The van der Waals surface area contributed by atoms with Crippen LogP contribution in [-0.2, 0) is 27.4 Å². The highest BCUT2D eigenvalue weighted by Gasteiger charge is 2.38. The fourth-order valence-corrected chi connectivity index (χ4v) is 6.22. The van der Waals surface area contributed by atoms with E-state index >= 15 is 0 Å². The van der Waals surface area contributed by atoms with Crippen LogP contribution < -0.4 is 16.0 Å². The van der Waals surface area contributed by atoms with E-state index in [4.69, 9.17) is 11.6 Å². The average Bonchev–Trinajstić information content (AvgIpc) is 3.21. The first-order chi connectivity index (χ1) is 19.1. The lowest BCUT2D eigenvalue weighted by atomic mass is 10.0. The Morgan fingerprint density at radius 3 is 2.37 bits per heavy atom. The lowest BCUT2D eigenvalue weighted by Gasteiger charge is -2.30. The fourth-order valence-electron chi connectivity index (χ4n) is 4.70. The summed E-state index contributed by atoms with van der Waals surface area (Å²) in [7, 11) is -3.30. The molecule has 0 bridgehead atoms. The number of halogens is 6. The van der Waals surface area contributed by atoms with Crippen molar-refractivity contribution in [3.63, 3.8) is 0 Å². The topological polar surface area (TPSA) is 126 Å². The van der Waals surface area contributed by atoms with Gasteiger partial charge in [-0.3, -0.25) is 14.4 Å². The van der Waals surface area contributed by atoms with Crippen molar-refractivity contribution in [2.45, 2.75) is 24.8 Å². The maximum Gasteiger partial charge on any atom is 0.416 e. The zero-order chi connectivity index (χ0) is 29.9. The molecule has 1 fully saturated rings. The number of hydrogen-bond acceptors (Lipinski definition) is 5. The molecule has 41 heavy (non-hydrogen) atoms. The molecule has 0 aliphatic carbocycles. The molecular formula is C25H18ClF5N4O5S. The van der Waals surface area contributed by atoms with Gasteiger partial charge in [0.2, 0.25) is 5.91 Å². The Kier molecular flexibility index (Phi) is 7.06. The number of rotatable bonds is 5.